The zero-order valence-corrected chi connectivity index (χ0v) is 7.64. The Bertz CT molecular complexity index is 224. The molecule has 1 rings (SSSR count). The van der Waals surface area contributed by atoms with Gasteiger partial charge in [0.2, 0.25) is 7.41 Å². The van der Waals surface area contributed by atoms with Gasteiger partial charge < -0.3 is 9.69 Å². The van der Waals surface area contributed by atoms with Crippen LogP contribution in [-0.2, 0) is 0 Å². The van der Waals surface area contributed by atoms with Crippen LogP contribution in [0.2, 0.25) is 0 Å². The quantitative estimate of drug-likeness (QED) is 0.498. The Morgan fingerprint density at radius 3 is 2.36 bits per heavy atom. The van der Waals surface area contributed by atoms with Crippen LogP contribution in [0.5, 0.6) is 5.75 Å². The van der Waals surface area contributed by atoms with Gasteiger partial charge in [0.05, 0.1) is 0 Å². The molecule has 0 heterocycles. The highest BCUT2D eigenvalue weighted by atomic mass is 31.0. The van der Waals surface area contributed by atoms with Crippen LogP contribution in [-0.4, -0.2) is 24.2 Å². The Balaban J connectivity index is 2.66. The molecular formula is C7H11BNOP. The standard InChI is InChI=1S/C7H11BNOP/c1-9(11)8-6-2-4-7(10)5-3-6/h2-5,8,10H,11H2,1H3. The van der Waals surface area contributed by atoms with E-state index in [1.165, 1.54) is 5.46 Å². The first-order valence-electron chi connectivity index (χ1n) is 3.42. The minimum absolute atomic E-state index is 0.320. The van der Waals surface area contributed by atoms with Crippen molar-refractivity contribution in [1.82, 2.24) is 4.58 Å². The number of benzene rings is 1. The SMILES string of the molecule is CN(P)Bc1ccc(O)cc1. The van der Waals surface area contributed by atoms with Gasteiger partial charge in [0, 0.05) is 0 Å². The van der Waals surface area contributed by atoms with Crippen LogP contribution >= 0.6 is 9.39 Å². The molecule has 1 N–H and O–H groups in total. The summed E-state index contributed by atoms with van der Waals surface area (Å²) in [6.07, 6.45) is 0. The van der Waals surface area contributed by atoms with Gasteiger partial charge in [0.1, 0.15) is 5.75 Å². The molecule has 0 aromatic heterocycles. The van der Waals surface area contributed by atoms with E-state index in [1.807, 2.05) is 23.8 Å². The summed E-state index contributed by atoms with van der Waals surface area (Å²) in [5.41, 5.74) is 1.19. The van der Waals surface area contributed by atoms with E-state index in [2.05, 4.69) is 9.39 Å². The Labute approximate surface area is 69.7 Å². The highest BCUT2D eigenvalue weighted by Crippen LogP contribution is 2.02. The lowest BCUT2D eigenvalue weighted by Crippen LogP contribution is -2.24. The van der Waals surface area contributed by atoms with Crippen molar-refractivity contribution >= 4 is 22.3 Å². The van der Waals surface area contributed by atoms with Crippen molar-refractivity contribution in [3.05, 3.63) is 24.3 Å². The molecule has 4 heteroatoms. The van der Waals surface area contributed by atoms with E-state index < -0.39 is 0 Å². The first-order valence-corrected chi connectivity index (χ1v) is 3.94. The van der Waals surface area contributed by atoms with Crippen LogP contribution in [0.3, 0.4) is 0 Å². The van der Waals surface area contributed by atoms with Crippen LogP contribution in [0, 0.1) is 0 Å². The molecule has 2 nitrogen and oxygen atoms in total. The van der Waals surface area contributed by atoms with Gasteiger partial charge in [0.25, 0.3) is 0 Å². The van der Waals surface area contributed by atoms with Crippen LogP contribution in [0.15, 0.2) is 24.3 Å². The van der Waals surface area contributed by atoms with Crippen LogP contribution in [0.1, 0.15) is 0 Å². The Morgan fingerprint density at radius 1 is 1.36 bits per heavy atom. The lowest BCUT2D eigenvalue weighted by atomic mass is 9.83. The van der Waals surface area contributed by atoms with Crippen LogP contribution < -0.4 is 5.46 Å². The predicted octanol–water partition coefficient (Wildman–Crippen LogP) is 0.0909. The van der Waals surface area contributed by atoms with Crippen molar-refractivity contribution in [3.8, 4) is 5.75 Å². The van der Waals surface area contributed by atoms with E-state index in [0.717, 1.165) is 7.41 Å². The van der Waals surface area contributed by atoms with Crippen molar-refractivity contribution in [1.29, 1.82) is 0 Å². The third-order valence-electron chi connectivity index (χ3n) is 1.37. The maximum atomic E-state index is 8.97. The smallest absolute Gasteiger partial charge is 0.241 e. The summed E-state index contributed by atoms with van der Waals surface area (Å²) in [4.78, 5) is 0. The minimum atomic E-state index is 0.320. The number of rotatable bonds is 2. The topological polar surface area (TPSA) is 23.5 Å². The number of hydrogen-bond acceptors (Lipinski definition) is 2. The fraction of sp³-hybridized carbons (Fsp3) is 0.143. The van der Waals surface area contributed by atoms with Gasteiger partial charge in [-0.05, 0) is 19.2 Å². The summed E-state index contributed by atoms with van der Waals surface area (Å²) in [7, 11) is 5.45. The van der Waals surface area contributed by atoms with Crippen LogP contribution in [0.25, 0.3) is 0 Å². The van der Waals surface area contributed by atoms with Crippen LogP contribution in [0.4, 0.5) is 0 Å². The molecule has 1 unspecified atom stereocenters. The summed E-state index contributed by atoms with van der Waals surface area (Å²) in [5.74, 6) is 0.320. The first-order chi connectivity index (χ1) is 5.18. The number of phenolic OH excluding ortho intramolecular Hbond substituents is 1. The highest BCUT2D eigenvalue weighted by molar-refractivity contribution is 7.16. The van der Waals surface area contributed by atoms with Gasteiger partial charge in [-0.25, -0.2) is 0 Å². The maximum absolute atomic E-state index is 8.97. The molecule has 0 aliphatic heterocycles. The number of nitrogens with zero attached hydrogens (tertiary/aromatic N) is 1. The zero-order valence-electron chi connectivity index (χ0n) is 6.49. The van der Waals surface area contributed by atoms with Crippen molar-refractivity contribution < 1.29 is 5.11 Å². The second-order valence-electron chi connectivity index (χ2n) is 2.58. The van der Waals surface area contributed by atoms with Crippen molar-refractivity contribution in [2.45, 2.75) is 0 Å². The Kier molecular flexibility index (Phi) is 2.92. The van der Waals surface area contributed by atoms with E-state index >= 15 is 0 Å². The molecule has 0 fully saturated rings. The summed E-state index contributed by atoms with van der Waals surface area (Å²) < 4.78 is 2.01. The number of hydrogen-bond donors (Lipinski definition) is 1. The highest BCUT2D eigenvalue weighted by Gasteiger charge is 1.96. The first kappa shape index (κ1) is 8.57. The largest absolute Gasteiger partial charge is 0.508 e. The van der Waals surface area contributed by atoms with Gasteiger partial charge in [0.15, 0.2) is 0 Å². The van der Waals surface area contributed by atoms with Gasteiger partial charge >= 0.3 is 0 Å². The molecule has 0 aliphatic rings. The summed E-state index contributed by atoms with van der Waals surface area (Å²) in [5, 5.41) is 8.97. The maximum Gasteiger partial charge on any atom is 0.241 e. The summed E-state index contributed by atoms with van der Waals surface area (Å²) >= 11 is 0. The third-order valence-corrected chi connectivity index (χ3v) is 1.55. The minimum Gasteiger partial charge on any atom is -0.508 e. The van der Waals surface area contributed by atoms with Gasteiger partial charge in [-0.1, -0.05) is 27.0 Å². The molecule has 0 amide bonds. The summed E-state index contributed by atoms with van der Waals surface area (Å²) in [6.45, 7) is 0. The number of aromatic hydroxyl groups is 1. The van der Waals surface area contributed by atoms with E-state index in [1.54, 1.807) is 12.1 Å². The van der Waals surface area contributed by atoms with Crippen molar-refractivity contribution in [2.24, 2.45) is 0 Å². The van der Waals surface area contributed by atoms with E-state index in [9.17, 15) is 0 Å². The van der Waals surface area contributed by atoms with Gasteiger partial charge in [-0.15, -0.1) is 0 Å². The molecule has 0 saturated heterocycles. The monoisotopic (exact) mass is 167 g/mol. The molecule has 0 bridgehead atoms. The summed E-state index contributed by atoms with van der Waals surface area (Å²) in [6, 6.07) is 7.22. The molecule has 1 atom stereocenters. The fourth-order valence-corrected chi connectivity index (χ4v) is 1.10. The second-order valence-corrected chi connectivity index (χ2v) is 3.46. The Hall–Kier alpha value is -0.525. The lowest BCUT2D eigenvalue weighted by Gasteiger charge is -2.06. The lowest BCUT2D eigenvalue weighted by molar-refractivity contribution is 0.475. The van der Waals surface area contributed by atoms with E-state index in [-0.39, 0.29) is 0 Å². The molecule has 0 saturated carbocycles. The van der Waals surface area contributed by atoms with Gasteiger partial charge in [-0.3, -0.25) is 0 Å². The van der Waals surface area contributed by atoms with Crippen molar-refractivity contribution in [3.63, 3.8) is 0 Å². The second kappa shape index (κ2) is 3.75. The zero-order chi connectivity index (χ0) is 8.27. The molecule has 0 aliphatic carbocycles. The van der Waals surface area contributed by atoms with E-state index in [4.69, 9.17) is 5.11 Å². The molecule has 1 aromatic rings. The Morgan fingerprint density at radius 2 is 1.91 bits per heavy atom. The van der Waals surface area contributed by atoms with Gasteiger partial charge in [-0.2, -0.15) is 0 Å². The molecular weight excluding hydrogens is 156 g/mol. The van der Waals surface area contributed by atoms with E-state index in [0.29, 0.717) is 5.75 Å². The average Bonchev–Trinajstić information content (AvgIpc) is 1.93. The third kappa shape index (κ3) is 2.92. The molecule has 0 spiro atoms. The normalized spacial score (nSPS) is 10.1. The van der Waals surface area contributed by atoms with Crippen molar-refractivity contribution in [2.75, 3.05) is 7.05 Å². The molecule has 11 heavy (non-hydrogen) atoms. The number of phenols is 1. The molecule has 0 radical (unpaired) electrons. The molecule has 58 valence electrons. The fourth-order valence-electron chi connectivity index (χ4n) is 0.889. The predicted molar refractivity (Wildman–Crippen MR) is 52.4 cm³/mol. The average molecular weight is 167 g/mol. The molecule has 1 aromatic carbocycles.